The molecule has 0 bridgehead atoms. The van der Waals surface area contributed by atoms with Gasteiger partial charge in [0.1, 0.15) is 0 Å². The first-order valence-corrected chi connectivity index (χ1v) is 7.57. The molecule has 106 valence electrons. The number of fused-ring (bicyclic) bond motifs is 1. The summed E-state index contributed by atoms with van der Waals surface area (Å²) in [5.41, 5.74) is 1.14. The van der Waals surface area contributed by atoms with Crippen molar-refractivity contribution in [2.75, 3.05) is 0 Å². The van der Waals surface area contributed by atoms with Crippen molar-refractivity contribution >= 4 is 39.7 Å². The molecule has 0 radical (unpaired) electrons. The molecule has 0 aliphatic heterocycles. The Hall–Kier alpha value is -1.98. The molecule has 0 saturated carbocycles. The average Bonchev–Trinajstić information content (AvgIpc) is 2.89. The van der Waals surface area contributed by atoms with Crippen LogP contribution in [0.3, 0.4) is 0 Å². The van der Waals surface area contributed by atoms with Gasteiger partial charge in [0, 0.05) is 27.7 Å². The topological polar surface area (TPSA) is 54.9 Å². The molecule has 0 aliphatic rings. The highest BCUT2D eigenvalue weighted by Crippen LogP contribution is 2.22. The first kappa shape index (κ1) is 14.0. The van der Waals surface area contributed by atoms with Gasteiger partial charge in [-0.25, -0.2) is 4.98 Å². The molecule has 2 aromatic heterocycles. The van der Waals surface area contributed by atoms with E-state index in [1.165, 1.54) is 0 Å². The molecule has 0 atom stereocenters. The van der Waals surface area contributed by atoms with Crippen LogP contribution in [0.2, 0.25) is 5.02 Å². The van der Waals surface area contributed by atoms with Crippen LogP contribution in [0.4, 0.5) is 0 Å². The molecule has 0 spiro atoms. The van der Waals surface area contributed by atoms with Crippen molar-refractivity contribution in [2.45, 2.75) is 13.5 Å². The van der Waals surface area contributed by atoms with Gasteiger partial charge in [-0.15, -0.1) is 11.3 Å². The van der Waals surface area contributed by atoms with E-state index in [0.717, 1.165) is 15.3 Å². The molecule has 3 rings (SSSR count). The third kappa shape index (κ3) is 3.04. The number of carbonyl (C=O) groups excluding carboxylic acids is 1. The van der Waals surface area contributed by atoms with Gasteiger partial charge in [-0.2, -0.15) is 0 Å². The van der Waals surface area contributed by atoms with Gasteiger partial charge in [0.2, 0.25) is 0 Å². The monoisotopic (exact) mass is 317 g/mol. The average molecular weight is 318 g/mol. The highest BCUT2D eigenvalue weighted by molar-refractivity contribution is 7.11. The summed E-state index contributed by atoms with van der Waals surface area (Å²) in [6, 6.07) is 7.15. The Morgan fingerprint density at radius 3 is 3.00 bits per heavy atom. The molecule has 0 aliphatic carbocycles. The van der Waals surface area contributed by atoms with Crippen LogP contribution in [0.25, 0.3) is 10.9 Å². The van der Waals surface area contributed by atoms with Crippen LogP contribution in [0, 0.1) is 6.92 Å². The molecule has 1 amide bonds. The summed E-state index contributed by atoms with van der Waals surface area (Å²) in [4.78, 5) is 21.8. The van der Waals surface area contributed by atoms with Crippen molar-refractivity contribution in [1.29, 1.82) is 0 Å². The second-order valence-corrected chi connectivity index (χ2v) is 6.31. The second-order valence-electron chi connectivity index (χ2n) is 4.56. The second kappa shape index (κ2) is 5.79. The van der Waals surface area contributed by atoms with Crippen LogP contribution in [0.5, 0.6) is 0 Å². The molecule has 2 heterocycles. The molecule has 4 nitrogen and oxygen atoms in total. The molecule has 21 heavy (non-hydrogen) atoms. The van der Waals surface area contributed by atoms with E-state index in [0.29, 0.717) is 22.6 Å². The predicted molar refractivity (Wildman–Crippen MR) is 84.8 cm³/mol. The van der Waals surface area contributed by atoms with Gasteiger partial charge in [-0.3, -0.25) is 9.78 Å². The fraction of sp³-hybridized carbons (Fsp3) is 0.133. The standard InChI is InChI=1S/C15H12ClN3OS/c1-9-18-7-12(21-9)8-19-15(20)13-6-11(16)5-10-3-2-4-17-14(10)13/h2-7H,8H2,1H3,(H,19,20). The zero-order chi connectivity index (χ0) is 14.8. The van der Waals surface area contributed by atoms with Crippen LogP contribution in [-0.2, 0) is 6.54 Å². The van der Waals surface area contributed by atoms with Crippen LogP contribution in [-0.4, -0.2) is 15.9 Å². The van der Waals surface area contributed by atoms with Crippen molar-refractivity contribution in [3.05, 3.63) is 57.1 Å². The van der Waals surface area contributed by atoms with E-state index >= 15 is 0 Å². The zero-order valence-corrected chi connectivity index (χ0v) is 12.8. The maximum atomic E-state index is 12.4. The van der Waals surface area contributed by atoms with Crippen molar-refractivity contribution in [2.24, 2.45) is 0 Å². The van der Waals surface area contributed by atoms with E-state index in [2.05, 4.69) is 15.3 Å². The highest BCUT2D eigenvalue weighted by Gasteiger charge is 2.12. The van der Waals surface area contributed by atoms with Crippen molar-refractivity contribution in [3.63, 3.8) is 0 Å². The first-order valence-electron chi connectivity index (χ1n) is 6.37. The Kier molecular flexibility index (Phi) is 3.86. The maximum absolute atomic E-state index is 12.4. The smallest absolute Gasteiger partial charge is 0.253 e. The van der Waals surface area contributed by atoms with E-state index < -0.39 is 0 Å². The highest BCUT2D eigenvalue weighted by atomic mass is 35.5. The van der Waals surface area contributed by atoms with Gasteiger partial charge >= 0.3 is 0 Å². The fourth-order valence-corrected chi connectivity index (χ4v) is 3.04. The summed E-state index contributed by atoms with van der Waals surface area (Å²) in [6.07, 6.45) is 3.44. The zero-order valence-electron chi connectivity index (χ0n) is 11.3. The van der Waals surface area contributed by atoms with E-state index in [4.69, 9.17) is 11.6 Å². The third-order valence-electron chi connectivity index (χ3n) is 3.01. The Bertz CT molecular complexity index is 816. The summed E-state index contributed by atoms with van der Waals surface area (Å²) in [5, 5.41) is 5.23. The van der Waals surface area contributed by atoms with E-state index in [9.17, 15) is 4.79 Å². The molecular weight excluding hydrogens is 306 g/mol. The number of carbonyl (C=O) groups is 1. The number of rotatable bonds is 3. The molecule has 6 heteroatoms. The number of hydrogen-bond acceptors (Lipinski definition) is 4. The molecule has 0 saturated heterocycles. The Morgan fingerprint density at radius 1 is 1.38 bits per heavy atom. The number of aromatic nitrogens is 2. The molecule has 1 N–H and O–H groups in total. The molecule has 0 fully saturated rings. The van der Waals surface area contributed by atoms with E-state index in [1.54, 1.807) is 35.9 Å². The van der Waals surface area contributed by atoms with Crippen molar-refractivity contribution in [3.8, 4) is 0 Å². The van der Waals surface area contributed by atoms with E-state index in [1.807, 2.05) is 19.1 Å². The largest absolute Gasteiger partial charge is 0.347 e. The number of benzene rings is 1. The molecular formula is C15H12ClN3OS. The summed E-state index contributed by atoms with van der Waals surface area (Å²) in [5.74, 6) is -0.188. The molecule has 1 aromatic carbocycles. The van der Waals surface area contributed by atoms with Crippen LogP contribution in [0.1, 0.15) is 20.2 Å². The number of pyridine rings is 1. The van der Waals surface area contributed by atoms with Gasteiger partial charge in [-0.1, -0.05) is 17.7 Å². The van der Waals surface area contributed by atoms with Gasteiger partial charge < -0.3 is 5.32 Å². The van der Waals surface area contributed by atoms with Gasteiger partial charge in [-0.05, 0) is 25.1 Å². The number of thiazole rings is 1. The number of amides is 1. The van der Waals surface area contributed by atoms with Gasteiger partial charge in [0.15, 0.2) is 0 Å². The Balaban J connectivity index is 1.87. The number of nitrogens with one attached hydrogen (secondary N) is 1. The quantitative estimate of drug-likeness (QED) is 0.803. The van der Waals surface area contributed by atoms with Gasteiger partial charge in [0.25, 0.3) is 5.91 Å². The summed E-state index contributed by atoms with van der Waals surface area (Å²) in [7, 11) is 0. The number of hydrogen-bond donors (Lipinski definition) is 1. The fourth-order valence-electron chi connectivity index (χ4n) is 2.08. The van der Waals surface area contributed by atoms with Crippen LogP contribution < -0.4 is 5.32 Å². The number of aryl methyl sites for hydroxylation is 1. The Morgan fingerprint density at radius 2 is 2.24 bits per heavy atom. The van der Waals surface area contributed by atoms with Crippen LogP contribution >= 0.6 is 22.9 Å². The van der Waals surface area contributed by atoms with Crippen molar-refractivity contribution in [1.82, 2.24) is 15.3 Å². The first-order chi connectivity index (χ1) is 10.1. The lowest BCUT2D eigenvalue weighted by molar-refractivity contribution is 0.0953. The summed E-state index contributed by atoms with van der Waals surface area (Å²) in [6.45, 7) is 2.38. The lowest BCUT2D eigenvalue weighted by atomic mass is 10.1. The van der Waals surface area contributed by atoms with Crippen LogP contribution in [0.15, 0.2) is 36.7 Å². The minimum atomic E-state index is -0.188. The SMILES string of the molecule is Cc1ncc(CNC(=O)c2cc(Cl)cc3cccnc23)s1. The normalized spacial score (nSPS) is 10.8. The lowest BCUT2D eigenvalue weighted by Gasteiger charge is -2.07. The van der Waals surface area contributed by atoms with E-state index in [-0.39, 0.29) is 5.91 Å². The molecule has 3 aromatic rings. The summed E-state index contributed by atoms with van der Waals surface area (Å²) >= 11 is 7.64. The van der Waals surface area contributed by atoms with Gasteiger partial charge in [0.05, 0.1) is 22.6 Å². The predicted octanol–water partition coefficient (Wildman–Crippen LogP) is 3.58. The maximum Gasteiger partial charge on any atom is 0.253 e. The minimum Gasteiger partial charge on any atom is -0.347 e. The molecule has 0 unspecified atom stereocenters. The number of halogens is 1. The summed E-state index contributed by atoms with van der Waals surface area (Å²) < 4.78 is 0. The number of nitrogens with zero attached hydrogens (tertiary/aromatic N) is 2. The van der Waals surface area contributed by atoms with Crippen molar-refractivity contribution < 1.29 is 4.79 Å². The minimum absolute atomic E-state index is 0.188. The third-order valence-corrected chi connectivity index (χ3v) is 4.14. The Labute approximate surface area is 130 Å². The lowest BCUT2D eigenvalue weighted by Crippen LogP contribution is -2.22.